The van der Waals surface area contributed by atoms with Gasteiger partial charge in [0.25, 0.3) is 11.8 Å². The van der Waals surface area contributed by atoms with Crippen LogP contribution in [0.5, 0.6) is 5.75 Å². The average Bonchev–Trinajstić information content (AvgIpc) is 3.47. The smallest absolute Gasteiger partial charge is 0.337 e. The maximum atomic E-state index is 13.7. The molecule has 0 bridgehead atoms. The molecule has 0 radical (unpaired) electrons. The van der Waals surface area contributed by atoms with Crippen molar-refractivity contribution in [1.82, 2.24) is 20.5 Å². The number of nitrogens with one attached hydrogen (secondary N) is 2. The number of methoxy groups -OCH3 is 2. The normalized spacial score (nSPS) is 12.2. The number of ether oxygens (including phenoxy) is 2. The van der Waals surface area contributed by atoms with Crippen molar-refractivity contribution in [3.8, 4) is 5.75 Å². The molecule has 0 saturated carbocycles. The molecule has 2 unspecified atom stereocenters. The van der Waals surface area contributed by atoms with Crippen LogP contribution in [0.4, 0.5) is 0 Å². The Hall–Kier alpha value is -4.58. The number of thiazole rings is 1. The summed E-state index contributed by atoms with van der Waals surface area (Å²) in [5.74, 6) is -0.869. The fourth-order valence-electron chi connectivity index (χ4n) is 4.78. The molecule has 3 N–H and O–H groups in total. The molecule has 11 heteroatoms. The minimum Gasteiger partial charge on any atom is -0.497 e. The highest BCUT2D eigenvalue weighted by Crippen LogP contribution is 2.18. The lowest BCUT2D eigenvalue weighted by Crippen LogP contribution is -2.48. The molecule has 0 aliphatic heterocycles. The summed E-state index contributed by atoms with van der Waals surface area (Å²) < 4.78 is 10.2. The number of aliphatic hydroxyl groups excluding tert-OH is 1. The third-order valence-corrected chi connectivity index (χ3v) is 8.10. The van der Waals surface area contributed by atoms with E-state index in [1.165, 1.54) is 41.5 Å². The van der Waals surface area contributed by atoms with E-state index in [9.17, 15) is 19.5 Å². The number of hydrogen-bond donors (Lipinski definition) is 3. The number of hydrogen-bond acceptors (Lipinski definition) is 9. The lowest BCUT2D eigenvalue weighted by molar-refractivity contribution is 0.0600. The quantitative estimate of drug-likeness (QED) is 0.178. The van der Waals surface area contributed by atoms with Crippen LogP contribution in [-0.2, 0) is 24.2 Å². The van der Waals surface area contributed by atoms with Gasteiger partial charge >= 0.3 is 5.97 Å². The topological polar surface area (TPSA) is 130 Å². The summed E-state index contributed by atoms with van der Waals surface area (Å²) in [6, 6.07) is 20.7. The lowest BCUT2D eigenvalue weighted by atomic mass is 9.99. The summed E-state index contributed by atoms with van der Waals surface area (Å²) in [4.78, 5) is 45.5. The number of amides is 2. The van der Waals surface area contributed by atoms with Crippen LogP contribution in [0.25, 0.3) is 0 Å². The molecule has 0 aliphatic rings. The molecule has 4 rings (SSSR count). The number of esters is 1. The van der Waals surface area contributed by atoms with Crippen molar-refractivity contribution >= 4 is 29.1 Å². The van der Waals surface area contributed by atoms with Crippen LogP contribution in [0, 0.1) is 6.92 Å². The van der Waals surface area contributed by atoms with Crippen molar-refractivity contribution in [2.24, 2.45) is 0 Å². The van der Waals surface area contributed by atoms with Crippen LogP contribution in [0.2, 0.25) is 0 Å². The zero-order valence-electron chi connectivity index (χ0n) is 25.8. The molecule has 0 saturated heterocycles. The molecule has 236 valence electrons. The van der Waals surface area contributed by atoms with Crippen LogP contribution in [0.3, 0.4) is 0 Å². The predicted octanol–water partition coefficient (Wildman–Crippen LogP) is 4.01. The Kier molecular flexibility index (Phi) is 11.8. The van der Waals surface area contributed by atoms with Gasteiger partial charge in [-0.1, -0.05) is 42.5 Å². The minimum atomic E-state index is -0.961. The Morgan fingerprint density at radius 1 is 0.956 bits per heavy atom. The first-order chi connectivity index (χ1) is 21.7. The van der Waals surface area contributed by atoms with E-state index in [-0.39, 0.29) is 35.7 Å². The van der Waals surface area contributed by atoms with Gasteiger partial charge < -0.3 is 30.1 Å². The lowest BCUT2D eigenvalue weighted by Gasteiger charge is -2.25. The van der Waals surface area contributed by atoms with Crippen LogP contribution >= 0.6 is 11.3 Å². The molecular formula is C34H38N4O6S. The van der Waals surface area contributed by atoms with Gasteiger partial charge in [-0.05, 0) is 54.8 Å². The molecule has 4 aromatic rings. The monoisotopic (exact) mass is 630 g/mol. The molecule has 1 aromatic heterocycles. The van der Waals surface area contributed by atoms with Gasteiger partial charge in [0.2, 0.25) is 0 Å². The Labute approximate surface area is 267 Å². The highest BCUT2D eigenvalue weighted by molar-refractivity contribution is 7.09. The Morgan fingerprint density at radius 2 is 1.67 bits per heavy atom. The summed E-state index contributed by atoms with van der Waals surface area (Å²) in [6.07, 6.45) is -0.606. The molecule has 0 fully saturated rings. The summed E-state index contributed by atoms with van der Waals surface area (Å²) in [6.45, 7) is 2.84. The van der Waals surface area contributed by atoms with Crippen LogP contribution < -0.4 is 15.4 Å². The second kappa shape index (κ2) is 15.9. The molecule has 45 heavy (non-hydrogen) atoms. The fourth-order valence-corrected chi connectivity index (χ4v) is 5.60. The second-order valence-electron chi connectivity index (χ2n) is 10.7. The highest BCUT2D eigenvalue weighted by Gasteiger charge is 2.25. The number of aryl methyl sites for hydroxylation is 1. The molecule has 3 aromatic carbocycles. The maximum Gasteiger partial charge on any atom is 0.337 e. The van der Waals surface area contributed by atoms with Gasteiger partial charge in [-0.2, -0.15) is 0 Å². The first-order valence-corrected chi connectivity index (χ1v) is 15.3. The van der Waals surface area contributed by atoms with Crippen LogP contribution in [-0.4, -0.2) is 72.7 Å². The number of aromatic nitrogens is 1. The molecule has 0 spiro atoms. The first-order valence-electron chi connectivity index (χ1n) is 14.4. The first kappa shape index (κ1) is 33.3. The Morgan fingerprint density at radius 3 is 2.36 bits per heavy atom. The third kappa shape index (κ3) is 9.45. The van der Waals surface area contributed by atoms with E-state index in [0.29, 0.717) is 13.0 Å². The Balaban J connectivity index is 1.53. The summed E-state index contributed by atoms with van der Waals surface area (Å²) in [5, 5.41) is 20.1. The van der Waals surface area contributed by atoms with Crippen LogP contribution in [0.15, 0.2) is 78.2 Å². The zero-order valence-corrected chi connectivity index (χ0v) is 26.6. The minimum absolute atomic E-state index is 0.0621. The van der Waals surface area contributed by atoms with Crippen molar-refractivity contribution in [2.45, 2.75) is 38.6 Å². The zero-order chi connectivity index (χ0) is 32.3. The van der Waals surface area contributed by atoms with Crippen molar-refractivity contribution in [3.63, 3.8) is 0 Å². The second-order valence-corrected chi connectivity index (χ2v) is 11.6. The predicted molar refractivity (Wildman–Crippen MR) is 173 cm³/mol. The number of carbonyl (C=O) groups excluding carboxylic acids is 3. The van der Waals surface area contributed by atoms with Gasteiger partial charge in [0.1, 0.15) is 10.8 Å². The maximum absolute atomic E-state index is 13.7. The van der Waals surface area contributed by atoms with Gasteiger partial charge in [-0.25, -0.2) is 9.78 Å². The molecule has 2 atom stereocenters. The van der Waals surface area contributed by atoms with Crippen molar-refractivity contribution < 1.29 is 29.0 Å². The molecular weight excluding hydrogens is 592 g/mol. The number of benzene rings is 3. The van der Waals surface area contributed by atoms with E-state index in [2.05, 4.69) is 15.6 Å². The summed E-state index contributed by atoms with van der Waals surface area (Å²) in [7, 11) is 4.47. The SMILES string of the molecule is COC(=O)c1cc(C(=O)NC(Cc2ccccc2)C(O)CNCc2cccc(OC)c2)cc(C(=O)N(C)Cc2nc(C)cs2)c1. The Bertz CT molecular complexity index is 1610. The molecule has 1 heterocycles. The fraction of sp³-hybridized carbons (Fsp3) is 0.294. The van der Waals surface area contributed by atoms with E-state index in [1.54, 1.807) is 14.2 Å². The van der Waals surface area contributed by atoms with E-state index in [1.807, 2.05) is 66.9 Å². The third-order valence-electron chi connectivity index (χ3n) is 7.15. The van der Waals surface area contributed by atoms with E-state index >= 15 is 0 Å². The van der Waals surface area contributed by atoms with Crippen LogP contribution in [0.1, 0.15) is 52.9 Å². The van der Waals surface area contributed by atoms with E-state index in [0.717, 1.165) is 27.6 Å². The van der Waals surface area contributed by atoms with E-state index in [4.69, 9.17) is 9.47 Å². The number of nitrogens with zero attached hydrogens (tertiary/aromatic N) is 2. The number of aliphatic hydroxyl groups is 1. The van der Waals surface area contributed by atoms with Gasteiger partial charge in [0.05, 0.1) is 38.5 Å². The largest absolute Gasteiger partial charge is 0.497 e. The summed E-state index contributed by atoms with van der Waals surface area (Å²) in [5.41, 5.74) is 3.08. The molecule has 10 nitrogen and oxygen atoms in total. The highest BCUT2D eigenvalue weighted by atomic mass is 32.1. The van der Waals surface area contributed by atoms with Gasteiger partial charge in [-0.15, -0.1) is 11.3 Å². The van der Waals surface area contributed by atoms with Gasteiger partial charge in [0, 0.05) is 42.3 Å². The number of carbonyl (C=O) groups is 3. The molecule has 2 amide bonds. The van der Waals surface area contributed by atoms with Crippen molar-refractivity contribution in [2.75, 3.05) is 27.8 Å². The standard InChI is InChI=1S/C34H38N4O6S/c1-22-21-45-31(36-22)20-38(2)33(41)26-15-25(16-27(17-26)34(42)44-4)32(40)37-29(14-23-9-6-5-7-10-23)30(39)19-35-18-24-11-8-12-28(13-24)43-3/h5-13,15-17,21,29-30,35,39H,14,18-20H2,1-4H3,(H,37,40). The number of rotatable bonds is 14. The summed E-state index contributed by atoms with van der Waals surface area (Å²) >= 11 is 1.45. The van der Waals surface area contributed by atoms with Gasteiger partial charge in [0.15, 0.2) is 0 Å². The van der Waals surface area contributed by atoms with Gasteiger partial charge in [-0.3, -0.25) is 9.59 Å². The van der Waals surface area contributed by atoms with Crippen molar-refractivity contribution in [1.29, 1.82) is 0 Å². The molecule has 0 aliphatic carbocycles. The average molecular weight is 631 g/mol. The van der Waals surface area contributed by atoms with E-state index < -0.39 is 24.0 Å². The van der Waals surface area contributed by atoms with Crippen molar-refractivity contribution in [3.05, 3.63) is 117 Å².